The van der Waals surface area contributed by atoms with E-state index in [-0.39, 0.29) is 6.04 Å². The normalized spacial score (nSPS) is 22.2. The predicted molar refractivity (Wildman–Crippen MR) is 101 cm³/mol. The second kappa shape index (κ2) is 7.19. The number of sulfonamides is 1. The molecule has 0 aromatic carbocycles. The van der Waals surface area contributed by atoms with E-state index in [1.165, 1.54) is 0 Å². The van der Waals surface area contributed by atoms with Crippen molar-refractivity contribution in [3.05, 3.63) is 17.6 Å². The highest BCUT2D eigenvalue weighted by Crippen LogP contribution is 2.28. The molecule has 0 atom stereocenters. The lowest BCUT2D eigenvalue weighted by molar-refractivity contribution is 0.290. The summed E-state index contributed by atoms with van der Waals surface area (Å²) in [4.78, 5) is 11.8. The molecule has 6 nitrogen and oxygen atoms in total. The summed E-state index contributed by atoms with van der Waals surface area (Å²) >= 11 is 0. The third-order valence-corrected chi connectivity index (χ3v) is 7.19. The van der Waals surface area contributed by atoms with Crippen molar-refractivity contribution >= 4 is 15.8 Å². The van der Waals surface area contributed by atoms with Gasteiger partial charge in [0.15, 0.2) is 0 Å². The van der Waals surface area contributed by atoms with E-state index in [0.717, 1.165) is 49.7 Å². The van der Waals surface area contributed by atoms with Crippen LogP contribution in [-0.4, -0.2) is 54.1 Å². The van der Waals surface area contributed by atoms with Gasteiger partial charge in [-0.3, -0.25) is 0 Å². The largest absolute Gasteiger partial charge is 0.356 e. The SMILES string of the molecule is CC(C)c1cc(N2CCC(N3CCCS3(=O)=O)CC2)nc(C(C)C)n1. The van der Waals surface area contributed by atoms with Crippen LogP contribution < -0.4 is 4.90 Å². The molecule has 3 heterocycles. The maximum absolute atomic E-state index is 12.1. The van der Waals surface area contributed by atoms with Crippen molar-refractivity contribution in [1.82, 2.24) is 14.3 Å². The molecule has 0 spiro atoms. The summed E-state index contributed by atoms with van der Waals surface area (Å²) in [7, 11) is -3.02. The first-order valence-corrected chi connectivity index (χ1v) is 11.0. The second-order valence-electron chi connectivity index (χ2n) is 7.82. The fourth-order valence-electron chi connectivity index (χ4n) is 3.64. The van der Waals surface area contributed by atoms with Gasteiger partial charge in [0.25, 0.3) is 0 Å². The molecule has 0 saturated carbocycles. The molecule has 2 saturated heterocycles. The molecule has 0 unspecified atom stereocenters. The summed E-state index contributed by atoms with van der Waals surface area (Å²) < 4.78 is 26.0. The molecule has 7 heteroatoms. The van der Waals surface area contributed by atoms with Crippen molar-refractivity contribution in [3.8, 4) is 0 Å². The molecule has 0 N–H and O–H groups in total. The van der Waals surface area contributed by atoms with E-state index in [1.807, 2.05) is 0 Å². The fourth-order valence-corrected chi connectivity index (χ4v) is 5.44. The van der Waals surface area contributed by atoms with Gasteiger partial charge in [0.1, 0.15) is 11.6 Å². The summed E-state index contributed by atoms with van der Waals surface area (Å²) in [6.07, 6.45) is 2.51. The molecule has 3 rings (SSSR count). The average Bonchev–Trinajstić information content (AvgIpc) is 2.93. The highest BCUT2D eigenvalue weighted by Gasteiger charge is 2.36. The van der Waals surface area contributed by atoms with Crippen molar-refractivity contribution in [3.63, 3.8) is 0 Å². The molecule has 2 aliphatic heterocycles. The van der Waals surface area contributed by atoms with Gasteiger partial charge in [-0.05, 0) is 25.2 Å². The van der Waals surface area contributed by atoms with Gasteiger partial charge in [-0.25, -0.2) is 18.4 Å². The lowest BCUT2D eigenvalue weighted by Gasteiger charge is -2.36. The van der Waals surface area contributed by atoms with Gasteiger partial charge in [-0.1, -0.05) is 27.7 Å². The van der Waals surface area contributed by atoms with Gasteiger partial charge in [-0.2, -0.15) is 4.31 Å². The van der Waals surface area contributed by atoms with Gasteiger partial charge in [-0.15, -0.1) is 0 Å². The average molecular weight is 367 g/mol. The Balaban J connectivity index is 1.74. The summed E-state index contributed by atoms with van der Waals surface area (Å²) in [6, 6.07) is 2.25. The minimum absolute atomic E-state index is 0.153. The van der Waals surface area contributed by atoms with Crippen LogP contribution in [0.3, 0.4) is 0 Å². The summed E-state index contributed by atoms with van der Waals surface area (Å²) in [5, 5.41) is 0. The molecule has 2 fully saturated rings. The first kappa shape index (κ1) is 18.6. The number of piperidine rings is 1. The first-order chi connectivity index (χ1) is 11.8. The molecule has 140 valence electrons. The molecule has 2 aliphatic rings. The summed E-state index contributed by atoms with van der Waals surface area (Å²) in [5.74, 6) is 2.86. The van der Waals surface area contributed by atoms with Gasteiger partial charge in [0.05, 0.1) is 5.75 Å². The molecule has 0 aliphatic carbocycles. The Hall–Kier alpha value is -1.21. The van der Waals surface area contributed by atoms with Crippen LogP contribution in [0.5, 0.6) is 0 Å². The third kappa shape index (κ3) is 3.97. The van der Waals surface area contributed by atoms with Crippen molar-refractivity contribution in [2.45, 2.75) is 64.8 Å². The van der Waals surface area contributed by atoms with Crippen molar-refractivity contribution in [1.29, 1.82) is 0 Å². The van der Waals surface area contributed by atoms with E-state index in [1.54, 1.807) is 4.31 Å². The third-order valence-electron chi connectivity index (χ3n) is 5.19. The fraction of sp³-hybridized carbons (Fsp3) is 0.778. The van der Waals surface area contributed by atoms with Crippen LogP contribution in [0, 0.1) is 0 Å². The van der Waals surface area contributed by atoms with Gasteiger partial charge < -0.3 is 4.90 Å². The Morgan fingerprint density at radius 1 is 1.04 bits per heavy atom. The smallest absolute Gasteiger partial charge is 0.214 e. The number of anilines is 1. The van der Waals surface area contributed by atoms with E-state index >= 15 is 0 Å². The van der Waals surface area contributed by atoms with Crippen molar-refractivity contribution in [2.75, 3.05) is 30.3 Å². The Morgan fingerprint density at radius 2 is 1.72 bits per heavy atom. The Labute approximate surface area is 151 Å². The second-order valence-corrected chi connectivity index (χ2v) is 9.86. The number of rotatable bonds is 4. The van der Waals surface area contributed by atoms with Crippen molar-refractivity contribution in [2.24, 2.45) is 0 Å². The lowest BCUT2D eigenvalue weighted by Crippen LogP contribution is -2.45. The Bertz CT molecular complexity index is 684. The number of nitrogens with zero attached hydrogens (tertiary/aromatic N) is 4. The molecule has 0 bridgehead atoms. The maximum Gasteiger partial charge on any atom is 0.214 e. The molecular weight excluding hydrogens is 336 g/mol. The van der Waals surface area contributed by atoms with Crippen LogP contribution in [0.15, 0.2) is 6.07 Å². The monoisotopic (exact) mass is 366 g/mol. The van der Waals surface area contributed by atoms with Crippen LogP contribution in [0.4, 0.5) is 5.82 Å². The number of aromatic nitrogens is 2. The highest BCUT2D eigenvalue weighted by molar-refractivity contribution is 7.89. The zero-order chi connectivity index (χ0) is 18.2. The topological polar surface area (TPSA) is 66.4 Å². The van der Waals surface area contributed by atoms with E-state index in [9.17, 15) is 8.42 Å². The summed E-state index contributed by atoms with van der Waals surface area (Å²) in [5.41, 5.74) is 1.08. The zero-order valence-electron chi connectivity index (χ0n) is 15.8. The van der Waals surface area contributed by atoms with Crippen LogP contribution in [0.25, 0.3) is 0 Å². The Kier molecular flexibility index (Phi) is 5.34. The molecule has 1 aromatic heterocycles. The van der Waals surface area contributed by atoms with Crippen LogP contribution in [-0.2, 0) is 10.0 Å². The molecule has 0 amide bonds. The number of hydrogen-bond donors (Lipinski definition) is 0. The summed E-state index contributed by atoms with van der Waals surface area (Å²) in [6.45, 7) is 10.9. The Morgan fingerprint density at radius 3 is 2.24 bits per heavy atom. The van der Waals surface area contributed by atoms with Crippen LogP contribution in [0.2, 0.25) is 0 Å². The zero-order valence-corrected chi connectivity index (χ0v) is 16.6. The maximum atomic E-state index is 12.1. The standard InChI is InChI=1S/C18H30N4O2S/c1-13(2)16-12-17(20-18(19-16)14(3)4)21-9-6-15(7-10-21)22-8-5-11-25(22,23)24/h12-15H,5-11H2,1-4H3. The number of hydrogen-bond acceptors (Lipinski definition) is 5. The molecule has 1 aromatic rings. The molecular formula is C18H30N4O2S. The van der Waals surface area contributed by atoms with Gasteiger partial charge >= 0.3 is 0 Å². The molecule has 25 heavy (non-hydrogen) atoms. The van der Waals surface area contributed by atoms with Crippen LogP contribution >= 0.6 is 0 Å². The first-order valence-electron chi connectivity index (χ1n) is 9.41. The van der Waals surface area contributed by atoms with Crippen molar-refractivity contribution < 1.29 is 8.42 Å². The van der Waals surface area contributed by atoms with E-state index in [0.29, 0.717) is 24.1 Å². The molecule has 0 radical (unpaired) electrons. The van der Waals surface area contributed by atoms with Gasteiger partial charge in [0, 0.05) is 43.4 Å². The predicted octanol–water partition coefficient (Wildman–Crippen LogP) is 2.73. The minimum atomic E-state index is -3.02. The minimum Gasteiger partial charge on any atom is -0.356 e. The quantitative estimate of drug-likeness (QED) is 0.820. The van der Waals surface area contributed by atoms with E-state index in [2.05, 4.69) is 38.7 Å². The van der Waals surface area contributed by atoms with E-state index < -0.39 is 10.0 Å². The van der Waals surface area contributed by atoms with Gasteiger partial charge in [0.2, 0.25) is 10.0 Å². The lowest BCUT2D eigenvalue weighted by atomic mass is 10.0. The highest BCUT2D eigenvalue weighted by atomic mass is 32.2. The van der Waals surface area contributed by atoms with E-state index in [4.69, 9.17) is 9.97 Å². The van der Waals surface area contributed by atoms with Crippen LogP contribution in [0.1, 0.15) is 70.3 Å².